The first-order chi connectivity index (χ1) is 10.3. The molecular formula is C16H19N3O2. The van der Waals surface area contributed by atoms with Crippen LogP contribution >= 0.6 is 0 Å². The number of carbonyl (C=O) groups excluding carboxylic acids is 1. The Morgan fingerprint density at radius 2 is 2.29 bits per heavy atom. The van der Waals surface area contributed by atoms with Gasteiger partial charge < -0.3 is 10.1 Å². The van der Waals surface area contributed by atoms with Gasteiger partial charge in [-0.2, -0.15) is 5.10 Å². The standard InChI is InChI=1S/C16H19N3O2/c20-16(17-10-8-13-5-3-12-21-13)14-6-1-2-7-15(14)19-11-4-9-18-19/h1-2,4,6-7,9,11,13H,3,5,8,10,12H2,(H,17,20). The van der Waals surface area contributed by atoms with Crippen molar-refractivity contribution in [3.05, 3.63) is 48.3 Å². The summed E-state index contributed by atoms with van der Waals surface area (Å²) < 4.78 is 7.26. The summed E-state index contributed by atoms with van der Waals surface area (Å²) in [6.45, 7) is 1.48. The molecule has 1 atom stereocenters. The molecule has 1 aromatic heterocycles. The second-order valence-corrected chi connectivity index (χ2v) is 5.15. The molecule has 1 N–H and O–H groups in total. The third-order valence-electron chi connectivity index (χ3n) is 3.68. The highest BCUT2D eigenvalue weighted by molar-refractivity contribution is 5.97. The molecular weight excluding hydrogens is 266 g/mol. The number of para-hydroxylation sites is 1. The number of hydrogen-bond donors (Lipinski definition) is 1. The quantitative estimate of drug-likeness (QED) is 0.916. The zero-order chi connectivity index (χ0) is 14.5. The van der Waals surface area contributed by atoms with Crippen LogP contribution in [0.1, 0.15) is 29.6 Å². The third kappa shape index (κ3) is 3.31. The van der Waals surface area contributed by atoms with Crippen LogP contribution in [-0.4, -0.2) is 34.9 Å². The first-order valence-corrected chi connectivity index (χ1v) is 7.33. The number of aromatic nitrogens is 2. The van der Waals surface area contributed by atoms with Gasteiger partial charge in [-0.3, -0.25) is 4.79 Å². The summed E-state index contributed by atoms with van der Waals surface area (Å²) in [5.41, 5.74) is 1.42. The van der Waals surface area contributed by atoms with Crippen molar-refractivity contribution in [3.8, 4) is 5.69 Å². The maximum Gasteiger partial charge on any atom is 0.253 e. The summed E-state index contributed by atoms with van der Waals surface area (Å²) in [5, 5.41) is 7.16. The lowest BCUT2D eigenvalue weighted by Crippen LogP contribution is -2.28. The molecule has 1 fully saturated rings. The smallest absolute Gasteiger partial charge is 0.253 e. The van der Waals surface area contributed by atoms with Crippen molar-refractivity contribution in [3.63, 3.8) is 0 Å². The molecule has 3 rings (SSSR count). The van der Waals surface area contributed by atoms with Crippen LogP contribution in [0.15, 0.2) is 42.7 Å². The zero-order valence-electron chi connectivity index (χ0n) is 11.9. The van der Waals surface area contributed by atoms with E-state index in [2.05, 4.69) is 10.4 Å². The van der Waals surface area contributed by atoms with Crippen LogP contribution in [-0.2, 0) is 4.74 Å². The van der Waals surface area contributed by atoms with E-state index in [1.807, 2.05) is 36.5 Å². The van der Waals surface area contributed by atoms with Crippen molar-refractivity contribution in [2.45, 2.75) is 25.4 Å². The highest BCUT2D eigenvalue weighted by Crippen LogP contribution is 2.15. The highest BCUT2D eigenvalue weighted by atomic mass is 16.5. The van der Waals surface area contributed by atoms with Crippen LogP contribution in [0, 0.1) is 0 Å². The third-order valence-corrected chi connectivity index (χ3v) is 3.68. The van der Waals surface area contributed by atoms with E-state index in [1.54, 1.807) is 10.9 Å². The summed E-state index contributed by atoms with van der Waals surface area (Å²) in [7, 11) is 0. The normalized spacial score (nSPS) is 17.8. The summed E-state index contributed by atoms with van der Waals surface area (Å²) in [5.74, 6) is -0.0703. The molecule has 0 radical (unpaired) electrons. The van der Waals surface area contributed by atoms with E-state index in [0.29, 0.717) is 18.2 Å². The first-order valence-electron chi connectivity index (χ1n) is 7.33. The van der Waals surface area contributed by atoms with E-state index in [0.717, 1.165) is 31.6 Å². The van der Waals surface area contributed by atoms with E-state index in [4.69, 9.17) is 4.74 Å². The monoisotopic (exact) mass is 285 g/mol. The van der Waals surface area contributed by atoms with Crippen molar-refractivity contribution < 1.29 is 9.53 Å². The number of nitrogens with one attached hydrogen (secondary N) is 1. The second kappa shape index (κ2) is 6.54. The number of amides is 1. The fourth-order valence-electron chi connectivity index (χ4n) is 2.59. The molecule has 5 heteroatoms. The summed E-state index contributed by atoms with van der Waals surface area (Å²) >= 11 is 0. The summed E-state index contributed by atoms with van der Waals surface area (Å²) in [6, 6.07) is 9.31. The highest BCUT2D eigenvalue weighted by Gasteiger charge is 2.16. The maximum absolute atomic E-state index is 12.3. The number of benzene rings is 1. The molecule has 110 valence electrons. The SMILES string of the molecule is O=C(NCCC1CCCO1)c1ccccc1-n1cccn1. The van der Waals surface area contributed by atoms with Crippen LogP contribution in [0.3, 0.4) is 0 Å². The molecule has 1 aliphatic rings. The van der Waals surface area contributed by atoms with Gasteiger partial charge in [0.1, 0.15) is 0 Å². The van der Waals surface area contributed by atoms with Gasteiger partial charge in [0.15, 0.2) is 0 Å². The van der Waals surface area contributed by atoms with Crippen LogP contribution in [0.4, 0.5) is 0 Å². The van der Waals surface area contributed by atoms with Crippen LogP contribution in [0.25, 0.3) is 5.69 Å². The predicted molar refractivity (Wildman–Crippen MR) is 79.5 cm³/mol. The van der Waals surface area contributed by atoms with Crippen molar-refractivity contribution in [1.82, 2.24) is 15.1 Å². The summed E-state index contributed by atoms with van der Waals surface area (Å²) in [4.78, 5) is 12.3. The minimum absolute atomic E-state index is 0.0703. The van der Waals surface area contributed by atoms with E-state index >= 15 is 0 Å². The van der Waals surface area contributed by atoms with Gasteiger partial charge in [0.05, 0.1) is 17.4 Å². The zero-order valence-corrected chi connectivity index (χ0v) is 11.9. The summed E-state index contributed by atoms with van der Waals surface area (Å²) in [6.07, 6.45) is 6.92. The van der Waals surface area contributed by atoms with Crippen LogP contribution in [0.5, 0.6) is 0 Å². The molecule has 0 saturated carbocycles. The number of hydrogen-bond acceptors (Lipinski definition) is 3. The van der Waals surface area contributed by atoms with Crippen LogP contribution < -0.4 is 5.32 Å². The minimum atomic E-state index is -0.0703. The first kappa shape index (κ1) is 13.8. The van der Waals surface area contributed by atoms with Gasteiger partial charge in [0.25, 0.3) is 5.91 Å². The molecule has 5 nitrogen and oxygen atoms in total. The molecule has 2 heterocycles. The predicted octanol–water partition coefficient (Wildman–Crippen LogP) is 2.17. The van der Waals surface area contributed by atoms with Crippen molar-refractivity contribution in [2.24, 2.45) is 0 Å². The average Bonchev–Trinajstić information content (AvgIpc) is 3.20. The molecule has 2 aromatic rings. The van der Waals surface area contributed by atoms with Crippen LogP contribution in [0.2, 0.25) is 0 Å². The number of carbonyl (C=O) groups is 1. The van der Waals surface area contributed by atoms with Gasteiger partial charge in [0, 0.05) is 25.5 Å². The number of ether oxygens (including phenoxy) is 1. The van der Waals surface area contributed by atoms with Gasteiger partial charge in [-0.1, -0.05) is 12.1 Å². The Balaban J connectivity index is 1.64. The van der Waals surface area contributed by atoms with Crippen molar-refractivity contribution in [2.75, 3.05) is 13.2 Å². The van der Waals surface area contributed by atoms with Gasteiger partial charge in [0.2, 0.25) is 0 Å². The Bertz CT molecular complexity index is 589. The molecule has 1 unspecified atom stereocenters. The van der Waals surface area contributed by atoms with E-state index in [-0.39, 0.29) is 5.91 Å². The Kier molecular flexibility index (Phi) is 4.31. The van der Waals surface area contributed by atoms with E-state index < -0.39 is 0 Å². The van der Waals surface area contributed by atoms with Crippen molar-refractivity contribution >= 4 is 5.91 Å². The maximum atomic E-state index is 12.3. The Labute approximate surface area is 123 Å². The lowest BCUT2D eigenvalue weighted by molar-refractivity contribution is 0.0907. The van der Waals surface area contributed by atoms with Gasteiger partial charge >= 0.3 is 0 Å². The largest absolute Gasteiger partial charge is 0.378 e. The topological polar surface area (TPSA) is 56.1 Å². The Hall–Kier alpha value is -2.14. The lowest BCUT2D eigenvalue weighted by atomic mass is 10.1. The molecule has 1 amide bonds. The van der Waals surface area contributed by atoms with Gasteiger partial charge in [-0.15, -0.1) is 0 Å². The molecule has 1 aromatic carbocycles. The second-order valence-electron chi connectivity index (χ2n) is 5.15. The molecule has 21 heavy (non-hydrogen) atoms. The number of rotatable bonds is 5. The molecule has 1 aliphatic heterocycles. The van der Waals surface area contributed by atoms with Gasteiger partial charge in [-0.25, -0.2) is 4.68 Å². The fraction of sp³-hybridized carbons (Fsp3) is 0.375. The molecule has 0 bridgehead atoms. The van der Waals surface area contributed by atoms with Crippen molar-refractivity contribution in [1.29, 1.82) is 0 Å². The Morgan fingerprint density at radius 1 is 1.38 bits per heavy atom. The number of nitrogens with zero attached hydrogens (tertiary/aromatic N) is 2. The van der Waals surface area contributed by atoms with E-state index in [1.165, 1.54) is 0 Å². The molecule has 1 saturated heterocycles. The van der Waals surface area contributed by atoms with E-state index in [9.17, 15) is 4.79 Å². The lowest BCUT2D eigenvalue weighted by Gasteiger charge is -2.12. The Morgan fingerprint density at radius 3 is 3.05 bits per heavy atom. The van der Waals surface area contributed by atoms with Gasteiger partial charge in [-0.05, 0) is 37.5 Å². The fourth-order valence-corrected chi connectivity index (χ4v) is 2.59. The molecule has 0 spiro atoms. The average molecular weight is 285 g/mol. The minimum Gasteiger partial charge on any atom is -0.378 e. The molecule has 0 aliphatic carbocycles.